The first-order valence-corrected chi connectivity index (χ1v) is 11.9. The molecule has 1 saturated carbocycles. The standard InChI is InChI=1S/C17H24ClN6O8P/c1-16(2,3)23-12(27)14(33(28,29)30)31-6-4-17(6)9(26)8(25)13(32-17)24-5-20-7-10(19)21-15(18)22-11(7)24/h5-6,8-9,13-14,25-26H,4H2,1-3H3,(H,23,27)(H2,19,21,22)(H2,28,29,30)/t6?,8-,9+,13-,14-,17?/m1/s1. The molecule has 2 aliphatic rings. The van der Waals surface area contributed by atoms with Gasteiger partial charge in [0.1, 0.15) is 23.3 Å². The monoisotopic (exact) mass is 506 g/mol. The predicted octanol–water partition coefficient (Wildman–Crippen LogP) is -0.741. The van der Waals surface area contributed by atoms with Crippen LogP contribution < -0.4 is 11.1 Å². The van der Waals surface area contributed by atoms with Gasteiger partial charge in [-0.05, 0) is 32.4 Å². The highest BCUT2D eigenvalue weighted by molar-refractivity contribution is 7.53. The maximum atomic E-state index is 12.4. The van der Waals surface area contributed by atoms with Gasteiger partial charge in [0.25, 0.3) is 5.91 Å². The zero-order valence-electron chi connectivity index (χ0n) is 17.8. The number of nitrogens with one attached hydrogen (secondary N) is 1. The number of nitrogens with zero attached hydrogens (tertiary/aromatic N) is 4. The minimum Gasteiger partial charge on any atom is -0.387 e. The fraction of sp³-hybridized carbons (Fsp3) is 0.647. The molecule has 7 N–H and O–H groups in total. The van der Waals surface area contributed by atoms with Crippen molar-refractivity contribution in [1.29, 1.82) is 0 Å². The van der Waals surface area contributed by atoms with E-state index in [2.05, 4.69) is 20.3 Å². The van der Waals surface area contributed by atoms with Gasteiger partial charge in [-0.3, -0.25) is 13.9 Å². The summed E-state index contributed by atoms with van der Waals surface area (Å²) in [5.74, 6) is -3.12. The number of aliphatic hydroxyl groups excluding tert-OH is 2. The highest BCUT2D eigenvalue weighted by Crippen LogP contribution is 2.57. The number of anilines is 1. The van der Waals surface area contributed by atoms with E-state index in [1.54, 1.807) is 20.8 Å². The number of imidazole rings is 1. The first kappa shape index (κ1) is 24.2. The summed E-state index contributed by atoms with van der Waals surface area (Å²) >= 11 is 5.86. The van der Waals surface area contributed by atoms with Crippen molar-refractivity contribution in [2.24, 2.45) is 0 Å². The van der Waals surface area contributed by atoms with Crippen molar-refractivity contribution in [2.75, 3.05) is 5.73 Å². The molecule has 1 aliphatic carbocycles. The molecule has 2 unspecified atom stereocenters. The molecule has 14 nitrogen and oxygen atoms in total. The number of halogens is 1. The molecular formula is C17H24ClN6O8P. The number of fused-ring (bicyclic) bond motifs is 1. The van der Waals surface area contributed by atoms with Crippen LogP contribution in [-0.2, 0) is 18.8 Å². The second kappa shape index (κ2) is 7.82. The van der Waals surface area contributed by atoms with Crippen molar-refractivity contribution in [3.8, 4) is 0 Å². The Morgan fingerprint density at radius 2 is 2.09 bits per heavy atom. The lowest BCUT2D eigenvalue weighted by Gasteiger charge is -2.26. The Hall–Kier alpha value is -1.90. The van der Waals surface area contributed by atoms with E-state index in [0.717, 1.165) is 0 Å². The van der Waals surface area contributed by atoms with Crippen LogP contribution in [0.15, 0.2) is 6.33 Å². The maximum Gasteiger partial charge on any atom is 0.363 e. The molecule has 4 rings (SSSR count). The Morgan fingerprint density at radius 1 is 1.42 bits per heavy atom. The van der Waals surface area contributed by atoms with Crippen molar-refractivity contribution >= 4 is 42.1 Å². The molecule has 0 aromatic carbocycles. The number of rotatable bonds is 5. The molecule has 16 heteroatoms. The number of aromatic nitrogens is 4. The number of ether oxygens (including phenoxy) is 2. The molecule has 2 aromatic rings. The summed E-state index contributed by atoms with van der Waals surface area (Å²) in [5, 5.41) is 23.6. The van der Waals surface area contributed by atoms with E-state index in [4.69, 9.17) is 26.8 Å². The molecule has 33 heavy (non-hydrogen) atoms. The van der Waals surface area contributed by atoms with E-state index < -0.39 is 55.0 Å². The third kappa shape index (κ3) is 4.33. The molecule has 1 amide bonds. The fourth-order valence-corrected chi connectivity index (χ4v) is 4.68. The molecule has 6 atom stereocenters. The topological polar surface area (TPSA) is 215 Å². The average Bonchev–Trinajstić information content (AvgIpc) is 3.09. The summed E-state index contributed by atoms with van der Waals surface area (Å²) in [5.41, 5.74) is 3.87. The number of carbonyl (C=O) groups excluding carboxylic acids is 1. The second-order valence-corrected chi connectivity index (χ2v) is 11.1. The zero-order valence-corrected chi connectivity index (χ0v) is 19.4. The molecule has 3 heterocycles. The zero-order chi connectivity index (χ0) is 24.5. The quantitative estimate of drug-likeness (QED) is 0.218. The molecule has 0 radical (unpaired) electrons. The summed E-state index contributed by atoms with van der Waals surface area (Å²) in [6.45, 7) is 4.93. The van der Waals surface area contributed by atoms with Gasteiger partial charge in [0.15, 0.2) is 17.7 Å². The summed E-state index contributed by atoms with van der Waals surface area (Å²) < 4.78 is 24.6. The summed E-state index contributed by atoms with van der Waals surface area (Å²) in [6, 6.07) is 0. The van der Waals surface area contributed by atoms with Crippen molar-refractivity contribution in [1.82, 2.24) is 24.8 Å². The summed E-state index contributed by atoms with van der Waals surface area (Å²) in [7, 11) is -5.03. The highest BCUT2D eigenvalue weighted by Gasteiger charge is 2.71. The fourth-order valence-electron chi connectivity index (χ4n) is 3.84. The number of hydrogen-bond donors (Lipinski definition) is 6. The van der Waals surface area contributed by atoms with E-state index in [0.29, 0.717) is 0 Å². The van der Waals surface area contributed by atoms with Gasteiger partial charge in [0, 0.05) is 12.0 Å². The van der Waals surface area contributed by atoms with Gasteiger partial charge in [-0.25, -0.2) is 4.98 Å². The molecule has 0 bridgehead atoms. The van der Waals surface area contributed by atoms with Gasteiger partial charge in [0.05, 0.1) is 12.4 Å². The Balaban J connectivity index is 1.58. The minimum atomic E-state index is -5.03. The summed E-state index contributed by atoms with van der Waals surface area (Å²) in [4.78, 5) is 43.7. The van der Waals surface area contributed by atoms with Crippen molar-refractivity contribution in [3.63, 3.8) is 0 Å². The number of aliphatic hydroxyl groups is 2. The molecule has 2 aromatic heterocycles. The largest absolute Gasteiger partial charge is 0.387 e. The van der Waals surface area contributed by atoms with E-state index in [-0.39, 0.29) is 28.7 Å². The lowest BCUT2D eigenvalue weighted by atomic mass is 10.1. The van der Waals surface area contributed by atoms with E-state index >= 15 is 0 Å². The van der Waals surface area contributed by atoms with Crippen LogP contribution >= 0.6 is 19.2 Å². The van der Waals surface area contributed by atoms with Crippen LogP contribution in [0.25, 0.3) is 11.2 Å². The van der Waals surface area contributed by atoms with Crippen LogP contribution in [0.1, 0.15) is 33.4 Å². The maximum absolute atomic E-state index is 12.4. The smallest absolute Gasteiger partial charge is 0.363 e. The SMILES string of the molecule is CC(C)(C)NC(=O)[C@H](OC1CC12O[C@@H](n1cnc3c(N)nc(Cl)nc31)[C@H](O)[C@@H]2O)P(=O)(O)O. The molecule has 1 spiro atoms. The van der Waals surface area contributed by atoms with E-state index in [1.165, 1.54) is 10.9 Å². The normalized spacial score (nSPS) is 30.7. The Bertz CT molecular complexity index is 1150. The van der Waals surface area contributed by atoms with Crippen LogP contribution in [0.5, 0.6) is 0 Å². The van der Waals surface area contributed by atoms with Crippen LogP contribution in [0.2, 0.25) is 5.28 Å². The van der Waals surface area contributed by atoms with E-state index in [9.17, 15) is 29.4 Å². The number of nitrogen functional groups attached to an aromatic ring is 1. The Kier molecular flexibility index (Phi) is 5.74. The number of carbonyl (C=O) groups is 1. The molecule has 2 fully saturated rings. The minimum absolute atomic E-state index is 0.00785. The van der Waals surface area contributed by atoms with E-state index in [1.807, 2.05) is 0 Å². The van der Waals surface area contributed by atoms with Crippen molar-refractivity contribution in [3.05, 3.63) is 11.6 Å². The highest BCUT2D eigenvalue weighted by atomic mass is 35.5. The Labute approximate surface area is 192 Å². The summed E-state index contributed by atoms with van der Waals surface area (Å²) in [6.07, 6.45) is -4.00. The molecule has 182 valence electrons. The number of nitrogens with two attached hydrogens (primary N) is 1. The third-order valence-electron chi connectivity index (χ3n) is 5.36. The van der Waals surface area contributed by atoms with Gasteiger partial charge in [0.2, 0.25) is 11.1 Å². The number of amides is 1. The van der Waals surface area contributed by atoms with Crippen molar-refractivity contribution in [2.45, 2.75) is 68.7 Å². The van der Waals surface area contributed by atoms with Crippen LogP contribution in [0, 0.1) is 0 Å². The van der Waals surface area contributed by atoms with Gasteiger partial charge in [-0.1, -0.05) is 0 Å². The van der Waals surface area contributed by atoms with Gasteiger partial charge < -0.3 is 40.5 Å². The molecule has 1 saturated heterocycles. The molecule has 1 aliphatic heterocycles. The first-order valence-electron chi connectivity index (χ1n) is 9.86. The van der Waals surface area contributed by atoms with Gasteiger partial charge in [-0.2, -0.15) is 9.97 Å². The third-order valence-corrected chi connectivity index (χ3v) is 6.50. The second-order valence-electron chi connectivity index (χ2n) is 9.11. The molecular weight excluding hydrogens is 483 g/mol. The lowest BCUT2D eigenvalue weighted by molar-refractivity contribution is -0.134. The lowest BCUT2D eigenvalue weighted by Crippen LogP contribution is -2.47. The number of hydrogen-bond acceptors (Lipinski definition) is 10. The average molecular weight is 507 g/mol. The van der Waals surface area contributed by atoms with Crippen molar-refractivity contribution < 1.29 is 38.8 Å². The predicted molar refractivity (Wildman–Crippen MR) is 113 cm³/mol. The van der Waals surface area contributed by atoms with Crippen LogP contribution in [0.4, 0.5) is 5.82 Å². The van der Waals surface area contributed by atoms with Gasteiger partial charge >= 0.3 is 7.60 Å². The Morgan fingerprint density at radius 3 is 2.70 bits per heavy atom. The van der Waals surface area contributed by atoms with Crippen LogP contribution in [0.3, 0.4) is 0 Å². The van der Waals surface area contributed by atoms with Crippen LogP contribution in [-0.4, -0.2) is 80.7 Å². The first-order chi connectivity index (χ1) is 15.1. The van der Waals surface area contributed by atoms with Gasteiger partial charge in [-0.15, -0.1) is 0 Å².